The minimum atomic E-state index is -2.08. The van der Waals surface area contributed by atoms with Gasteiger partial charge in [-0.15, -0.1) is 11.3 Å². The minimum Gasteiger partial charge on any atom is -0.455 e. The van der Waals surface area contributed by atoms with E-state index in [0.717, 1.165) is 0 Å². The van der Waals surface area contributed by atoms with Crippen molar-refractivity contribution in [3.05, 3.63) is 87.9 Å². The number of hydrogen-bond acceptors (Lipinski definition) is 7. The van der Waals surface area contributed by atoms with E-state index in [-0.39, 0.29) is 0 Å². The van der Waals surface area contributed by atoms with Gasteiger partial charge in [0.1, 0.15) is 5.01 Å². The second-order valence-corrected chi connectivity index (χ2v) is 7.26. The summed E-state index contributed by atoms with van der Waals surface area (Å²) >= 11 is 1.20. The summed E-state index contributed by atoms with van der Waals surface area (Å²) in [4.78, 5) is 29.5. The van der Waals surface area contributed by atoms with E-state index in [1.807, 2.05) is 6.07 Å². The Morgan fingerprint density at radius 1 is 1.14 bits per heavy atom. The van der Waals surface area contributed by atoms with Crippen LogP contribution in [0.4, 0.5) is 0 Å². The van der Waals surface area contributed by atoms with Gasteiger partial charge in [-0.25, -0.2) is 9.78 Å². The summed E-state index contributed by atoms with van der Waals surface area (Å²) in [5.74, 6) is -2.71. The number of rotatable bonds is 7. The molecular weight excluding hydrogens is 388 g/mol. The van der Waals surface area contributed by atoms with E-state index in [0.29, 0.717) is 21.8 Å². The molecular formula is C22H18N2O4S. The van der Waals surface area contributed by atoms with Crippen molar-refractivity contribution in [3.8, 4) is 6.07 Å². The van der Waals surface area contributed by atoms with Crippen molar-refractivity contribution in [2.75, 3.05) is 6.61 Å². The third-order valence-electron chi connectivity index (χ3n) is 4.36. The quantitative estimate of drug-likeness (QED) is 0.605. The molecule has 0 saturated carbocycles. The van der Waals surface area contributed by atoms with Gasteiger partial charge in [-0.3, -0.25) is 4.79 Å². The highest BCUT2D eigenvalue weighted by atomic mass is 32.1. The van der Waals surface area contributed by atoms with Crippen molar-refractivity contribution >= 4 is 23.1 Å². The minimum absolute atomic E-state index is 0.316. The lowest BCUT2D eigenvalue weighted by molar-refractivity contribution is -0.164. The number of aliphatic hydroxyl groups is 1. The third-order valence-corrected chi connectivity index (χ3v) is 5.39. The van der Waals surface area contributed by atoms with Crippen molar-refractivity contribution < 1.29 is 19.4 Å². The Balaban J connectivity index is 1.83. The molecule has 1 N–H and O–H groups in total. The van der Waals surface area contributed by atoms with E-state index in [1.165, 1.54) is 11.3 Å². The van der Waals surface area contributed by atoms with Crippen LogP contribution >= 0.6 is 11.3 Å². The fourth-order valence-corrected chi connectivity index (χ4v) is 3.72. The Labute approximate surface area is 172 Å². The zero-order chi connectivity index (χ0) is 20.9. The monoisotopic (exact) mass is 406 g/mol. The molecule has 29 heavy (non-hydrogen) atoms. The van der Waals surface area contributed by atoms with Gasteiger partial charge in [-0.05, 0) is 18.1 Å². The van der Waals surface area contributed by atoms with Gasteiger partial charge in [-0.1, -0.05) is 60.7 Å². The number of carbonyl (C=O) groups is 2. The molecule has 1 atom stereocenters. The number of benzene rings is 2. The molecule has 7 heteroatoms. The molecule has 0 aliphatic heterocycles. The maximum Gasteiger partial charge on any atom is 0.348 e. The van der Waals surface area contributed by atoms with Gasteiger partial charge in [-0.2, -0.15) is 5.26 Å². The maximum absolute atomic E-state index is 12.9. The van der Waals surface area contributed by atoms with E-state index in [4.69, 9.17) is 4.74 Å². The van der Waals surface area contributed by atoms with Crippen molar-refractivity contribution in [1.29, 1.82) is 5.26 Å². The molecule has 3 aromatic rings. The van der Waals surface area contributed by atoms with Gasteiger partial charge in [0.05, 0.1) is 6.07 Å². The standard InChI is InChI=1S/C22H18N2O4S/c1-15-14-29-20(24-15)18(12-23)19(25)13-28-21(26)22(27,16-8-4-2-5-9-16)17-10-6-3-7-11-17/h2-11,14,18,27H,13H2,1H3. The number of hydrogen-bond donors (Lipinski definition) is 1. The number of Topliss-reactive ketones (excluding diaryl/α,β-unsaturated/α-hetero) is 1. The highest BCUT2D eigenvalue weighted by Crippen LogP contribution is 2.31. The Morgan fingerprint density at radius 2 is 1.69 bits per heavy atom. The molecule has 0 spiro atoms. The van der Waals surface area contributed by atoms with Crippen molar-refractivity contribution in [3.63, 3.8) is 0 Å². The van der Waals surface area contributed by atoms with Gasteiger partial charge in [0.15, 0.2) is 18.3 Å². The summed E-state index contributed by atoms with van der Waals surface area (Å²) < 4.78 is 5.18. The number of nitriles is 1. The highest BCUT2D eigenvalue weighted by molar-refractivity contribution is 7.09. The van der Waals surface area contributed by atoms with Gasteiger partial charge in [0.25, 0.3) is 0 Å². The molecule has 146 valence electrons. The van der Waals surface area contributed by atoms with Crippen LogP contribution in [0.25, 0.3) is 0 Å². The molecule has 1 heterocycles. The zero-order valence-corrected chi connectivity index (χ0v) is 16.4. The normalized spacial score (nSPS) is 12.0. The number of thiazole rings is 1. The lowest BCUT2D eigenvalue weighted by Crippen LogP contribution is -2.39. The largest absolute Gasteiger partial charge is 0.455 e. The lowest BCUT2D eigenvalue weighted by atomic mass is 9.86. The van der Waals surface area contributed by atoms with Crippen LogP contribution in [-0.4, -0.2) is 28.4 Å². The zero-order valence-electron chi connectivity index (χ0n) is 15.6. The summed E-state index contributed by atoms with van der Waals surface area (Å²) in [6, 6.07) is 18.6. The van der Waals surface area contributed by atoms with Crippen LogP contribution in [0, 0.1) is 18.3 Å². The first-order chi connectivity index (χ1) is 14.0. The number of ether oxygens (including phenoxy) is 1. The van der Waals surface area contributed by atoms with E-state index in [9.17, 15) is 20.0 Å². The van der Waals surface area contributed by atoms with Crippen LogP contribution in [0.1, 0.15) is 27.7 Å². The average molecular weight is 406 g/mol. The van der Waals surface area contributed by atoms with Gasteiger partial charge in [0, 0.05) is 11.1 Å². The van der Waals surface area contributed by atoms with Crippen LogP contribution < -0.4 is 0 Å². The molecule has 1 unspecified atom stereocenters. The molecule has 0 bridgehead atoms. The molecule has 0 radical (unpaired) electrons. The molecule has 1 aromatic heterocycles. The van der Waals surface area contributed by atoms with Crippen molar-refractivity contribution in [2.24, 2.45) is 0 Å². The van der Waals surface area contributed by atoms with Crippen LogP contribution in [0.2, 0.25) is 0 Å². The number of ketones is 1. The van der Waals surface area contributed by atoms with Crippen molar-refractivity contribution in [2.45, 2.75) is 18.4 Å². The molecule has 3 rings (SSSR count). The molecule has 6 nitrogen and oxygen atoms in total. The summed E-state index contributed by atoms with van der Waals surface area (Å²) in [6.45, 7) is 1.12. The van der Waals surface area contributed by atoms with Crippen LogP contribution in [-0.2, 0) is 19.9 Å². The van der Waals surface area contributed by atoms with Crippen LogP contribution in [0.5, 0.6) is 0 Å². The number of aryl methyl sites for hydroxylation is 1. The Morgan fingerprint density at radius 3 is 2.14 bits per heavy atom. The molecule has 0 saturated heterocycles. The van der Waals surface area contributed by atoms with E-state index in [1.54, 1.807) is 73.0 Å². The van der Waals surface area contributed by atoms with Gasteiger partial charge < -0.3 is 9.84 Å². The predicted molar refractivity (Wildman–Crippen MR) is 107 cm³/mol. The first kappa shape index (κ1) is 20.4. The first-order valence-corrected chi connectivity index (χ1v) is 9.69. The predicted octanol–water partition coefficient (Wildman–Crippen LogP) is 3.11. The summed E-state index contributed by atoms with van der Waals surface area (Å²) in [7, 11) is 0. The lowest BCUT2D eigenvalue weighted by Gasteiger charge is -2.27. The number of esters is 1. The van der Waals surface area contributed by atoms with E-state index >= 15 is 0 Å². The summed E-state index contributed by atoms with van der Waals surface area (Å²) in [6.07, 6.45) is 0. The smallest absolute Gasteiger partial charge is 0.348 e. The Kier molecular flexibility index (Phi) is 6.17. The van der Waals surface area contributed by atoms with Crippen LogP contribution in [0.15, 0.2) is 66.0 Å². The van der Waals surface area contributed by atoms with Gasteiger partial charge in [0.2, 0.25) is 5.60 Å². The highest BCUT2D eigenvalue weighted by Gasteiger charge is 2.42. The van der Waals surface area contributed by atoms with E-state index in [2.05, 4.69) is 4.98 Å². The fourth-order valence-electron chi connectivity index (χ4n) is 2.86. The molecule has 0 fully saturated rings. The van der Waals surface area contributed by atoms with Crippen LogP contribution in [0.3, 0.4) is 0 Å². The van der Waals surface area contributed by atoms with Crippen molar-refractivity contribution in [1.82, 2.24) is 4.98 Å². The summed E-state index contributed by atoms with van der Waals surface area (Å²) in [5, 5.41) is 22.7. The average Bonchev–Trinajstić information content (AvgIpc) is 3.19. The maximum atomic E-state index is 12.9. The number of aromatic nitrogens is 1. The number of carbonyl (C=O) groups excluding carboxylic acids is 2. The second-order valence-electron chi connectivity index (χ2n) is 6.37. The molecule has 0 aliphatic carbocycles. The fraction of sp³-hybridized carbons (Fsp3) is 0.182. The molecule has 0 amide bonds. The summed E-state index contributed by atoms with van der Waals surface area (Å²) in [5.41, 5.74) is -0.743. The molecule has 2 aromatic carbocycles. The topological polar surface area (TPSA) is 100 Å². The second kappa shape index (κ2) is 8.78. The van der Waals surface area contributed by atoms with Gasteiger partial charge >= 0.3 is 5.97 Å². The Bertz CT molecular complexity index is 1000. The first-order valence-electron chi connectivity index (χ1n) is 8.81. The van der Waals surface area contributed by atoms with E-state index < -0.39 is 29.9 Å². The Hall–Kier alpha value is -3.34. The third kappa shape index (κ3) is 4.24. The number of nitrogens with zero attached hydrogens (tertiary/aromatic N) is 2. The SMILES string of the molecule is Cc1csc(C(C#N)C(=O)COC(=O)C(O)(c2ccccc2)c2ccccc2)n1. The molecule has 0 aliphatic rings.